The van der Waals surface area contributed by atoms with Crippen LogP contribution >= 0.6 is 0 Å². The Morgan fingerprint density at radius 2 is 1.61 bits per heavy atom. The molecule has 0 aliphatic carbocycles. The second-order valence-corrected chi connectivity index (χ2v) is 3.67. The van der Waals surface area contributed by atoms with Crippen molar-refractivity contribution in [2.24, 2.45) is 0 Å². The Labute approximate surface area is 107 Å². The summed E-state index contributed by atoms with van der Waals surface area (Å²) in [5, 5.41) is 8.50. The van der Waals surface area contributed by atoms with Crippen molar-refractivity contribution in [3.63, 3.8) is 0 Å². The first-order valence-electron chi connectivity index (χ1n) is 6.21. The Morgan fingerprint density at radius 1 is 1.06 bits per heavy atom. The van der Waals surface area contributed by atoms with Crippen molar-refractivity contribution in [2.75, 3.05) is 13.2 Å². The van der Waals surface area contributed by atoms with Crippen LogP contribution in [-0.4, -0.2) is 36.2 Å². The van der Waals surface area contributed by atoms with E-state index in [4.69, 9.17) is 19.3 Å². The summed E-state index contributed by atoms with van der Waals surface area (Å²) in [6, 6.07) is 0. The molecule has 0 spiro atoms. The van der Waals surface area contributed by atoms with Gasteiger partial charge in [0.05, 0.1) is 26.1 Å². The number of carboxylic acids is 1. The molecular formula is C12H22O6. The second-order valence-electron chi connectivity index (χ2n) is 3.67. The number of hydrogen-bond donors (Lipinski definition) is 1. The molecular weight excluding hydrogens is 240 g/mol. The zero-order chi connectivity index (χ0) is 14.0. The minimum Gasteiger partial charge on any atom is -0.481 e. The van der Waals surface area contributed by atoms with Gasteiger partial charge in [-0.3, -0.25) is 9.59 Å². The van der Waals surface area contributed by atoms with Crippen LogP contribution in [0.15, 0.2) is 0 Å². The lowest BCUT2D eigenvalue weighted by atomic mass is 10.3. The summed E-state index contributed by atoms with van der Waals surface area (Å²) in [6.07, 6.45) is 0.667. The first-order valence-corrected chi connectivity index (χ1v) is 6.21. The Morgan fingerprint density at radius 3 is 2.00 bits per heavy atom. The highest BCUT2D eigenvalue weighted by atomic mass is 16.9. The van der Waals surface area contributed by atoms with E-state index < -0.39 is 17.9 Å². The highest BCUT2D eigenvalue weighted by Gasteiger charge is 2.35. The van der Waals surface area contributed by atoms with Crippen LogP contribution in [0.2, 0.25) is 0 Å². The van der Waals surface area contributed by atoms with Crippen molar-refractivity contribution in [2.45, 2.75) is 52.4 Å². The molecule has 18 heavy (non-hydrogen) atoms. The minimum atomic E-state index is -1.38. The van der Waals surface area contributed by atoms with E-state index in [1.54, 1.807) is 13.8 Å². The molecule has 6 nitrogen and oxygen atoms in total. The van der Waals surface area contributed by atoms with Gasteiger partial charge >= 0.3 is 17.9 Å². The maximum atomic E-state index is 11.5. The molecule has 0 saturated heterocycles. The van der Waals surface area contributed by atoms with Gasteiger partial charge < -0.3 is 19.3 Å². The molecule has 0 radical (unpaired) electrons. The van der Waals surface area contributed by atoms with Crippen molar-refractivity contribution in [3.05, 3.63) is 0 Å². The average molecular weight is 262 g/mol. The molecule has 0 aliphatic heterocycles. The summed E-state index contributed by atoms with van der Waals surface area (Å²) in [7, 11) is 0. The van der Waals surface area contributed by atoms with Crippen LogP contribution in [0.25, 0.3) is 0 Å². The number of rotatable bonds is 10. The van der Waals surface area contributed by atoms with Crippen molar-refractivity contribution in [1.82, 2.24) is 0 Å². The topological polar surface area (TPSA) is 82.1 Å². The molecule has 0 aromatic carbocycles. The molecule has 0 aliphatic rings. The van der Waals surface area contributed by atoms with E-state index in [-0.39, 0.29) is 12.8 Å². The highest BCUT2D eigenvalue weighted by molar-refractivity contribution is 5.76. The number of carbonyl (C=O) groups excluding carboxylic acids is 1. The molecule has 0 atom stereocenters. The number of carbonyl (C=O) groups is 2. The molecule has 0 fully saturated rings. The Bertz CT molecular complexity index is 246. The van der Waals surface area contributed by atoms with Gasteiger partial charge in [0.25, 0.3) is 0 Å². The van der Waals surface area contributed by atoms with Crippen molar-refractivity contribution in [1.29, 1.82) is 0 Å². The molecule has 1 N–H and O–H groups in total. The van der Waals surface area contributed by atoms with Gasteiger partial charge in [-0.05, 0) is 20.3 Å². The van der Waals surface area contributed by atoms with Gasteiger partial charge in [-0.25, -0.2) is 0 Å². The predicted octanol–water partition coefficient (Wildman–Crippen LogP) is 1.92. The lowest BCUT2D eigenvalue weighted by molar-refractivity contribution is -0.363. The summed E-state index contributed by atoms with van der Waals surface area (Å²) in [5.74, 6) is -3.05. The van der Waals surface area contributed by atoms with E-state index >= 15 is 0 Å². The number of ether oxygens (including phenoxy) is 3. The van der Waals surface area contributed by atoms with Crippen LogP contribution in [0.3, 0.4) is 0 Å². The minimum absolute atomic E-state index is 0.194. The van der Waals surface area contributed by atoms with Crippen LogP contribution < -0.4 is 0 Å². The van der Waals surface area contributed by atoms with Crippen molar-refractivity contribution in [3.8, 4) is 0 Å². The Hall–Kier alpha value is -1.14. The molecule has 0 saturated carbocycles. The summed E-state index contributed by atoms with van der Waals surface area (Å²) in [4.78, 5) is 21.9. The molecule has 0 bridgehead atoms. The summed E-state index contributed by atoms with van der Waals surface area (Å²) in [6.45, 7) is 6.14. The lowest BCUT2D eigenvalue weighted by Gasteiger charge is -2.31. The molecule has 0 aromatic rings. The van der Waals surface area contributed by atoms with E-state index in [9.17, 15) is 9.59 Å². The van der Waals surface area contributed by atoms with E-state index in [0.29, 0.717) is 26.1 Å². The highest BCUT2D eigenvalue weighted by Crippen LogP contribution is 2.23. The summed E-state index contributed by atoms with van der Waals surface area (Å²) >= 11 is 0. The smallest absolute Gasteiger partial charge is 0.329 e. The largest absolute Gasteiger partial charge is 0.481 e. The molecule has 106 valence electrons. The second kappa shape index (κ2) is 8.88. The number of carboxylic acid groups (broad SMARTS) is 1. The zero-order valence-electron chi connectivity index (χ0n) is 11.2. The van der Waals surface area contributed by atoms with Crippen LogP contribution in [0.1, 0.15) is 46.5 Å². The zero-order valence-corrected chi connectivity index (χ0v) is 11.2. The quantitative estimate of drug-likeness (QED) is 0.478. The van der Waals surface area contributed by atoms with Gasteiger partial charge in [0.1, 0.15) is 0 Å². The average Bonchev–Trinajstić information content (AvgIpc) is 2.27. The van der Waals surface area contributed by atoms with Crippen LogP contribution in [0, 0.1) is 0 Å². The third-order valence-corrected chi connectivity index (χ3v) is 2.10. The third kappa shape index (κ3) is 6.56. The lowest BCUT2D eigenvalue weighted by Crippen LogP contribution is -2.41. The molecule has 0 amide bonds. The SMILES string of the molecule is CCCC(OCC)(OCC)OC(=O)CCC(=O)O. The number of hydrogen-bond acceptors (Lipinski definition) is 5. The van der Waals surface area contributed by atoms with Gasteiger partial charge in [0.2, 0.25) is 0 Å². The van der Waals surface area contributed by atoms with E-state index in [1.807, 2.05) is 6.92 Å². The normalized spacial score (nSPS) is 11.3. The summed E-state index contributed by atoms with van der Waals surface area (Å²) < 4.78 is 15.9. The van der Waals surface area contributed by atoms with E-state index in [2.05, 4.69) is 0 Å². The Kier molecular flexibility index (Phi) is 8.32. The first kappa shape index (κ1) is 16.9. The van der Waals surface area contributed by atoms with Crippen LogP contribution in [0.4, 0.5) is 0 Å². The van der Waals surface area contributed by atoms with Gasteiger partial charge in [0.15, 0.2) is 0 Å². The van der Waals surface area contributed by atoms with Crippen LogP contribution in [-0.2, 0) is 23.8 Å². The fourth-order valence-electron chi connectivity index (χ4n) is 1.48. The molecule has 0 unspecified atom stereocenters. The van der Waals surface area contributed by atoms with Crippen molar-refractivity contribution >= 4 is 11.9 Å². The molecule has 0 rings (SSSR count). The molecule has 0 aromatic heterocycles. The number of aliphatic carboxylic acids is 1. The van der Waals surface area contributed by atoms with Crippen LogP contribution in [0.5, 0.6) is 0 Å². The van der Waals surface area contributed by atoms with Crippen molar-refractivity contribution < 1.29 is 28.9 Å². The maximum Gasteiger partial charge on any atom is 0.329 e. The van der Waals surface area contributed by atoms with Gasteiger partial charge in [-0.15, -0.1) is 0 Å². The van der Waals surface area contributed by atoms with E-state index in [0.717, 1.165) is 0 Å². The summed E-state index contributed by atoms with van der Waals surface area (Å²) in [5.41, 5.74) is 0. The monoisotopic (exact) mass is 262 g/mol. The van der Waals surface area contributed by atoms with Gasteiger partial charge in [-0.1, -0.05) is 6.92 Å². The third-order valence-electron chi connectivity index (χ3n) is 2.10. The fraction of sp³-hybridized carbons (Fsp3) is 0.833. The number of esters is 1. The van der Waals surface area contributed by atoms with Gasteiger partial charge in [-0.2, -0.15) is 0 Å². The van der Waals surface area contributed by atoms with Gasteiger partial charge in [0, 0.05) is 6.42 Å². The van der Waals surface area contributed by atoms with E-state index in [1.165, 1.54) is 0 Å². The molecule has 6 heteroatoms. The standard InChI is InChI=1S/C12H22O6/c1-4-9-12(16-5-2,17-6-3)18-11(15)8-7-10(13)14/h4-9H2,1-3H3,(H,13,14). The first-order chi connectivity index (χ1) is 8.49. The predicted molar refractivity (Wildman–Crippen MR) is 63.9 cm³/mol. The molecule has 0 heterocycles. The maximum absolute atomic E-state index is 11.5. The Balaban J connectivity index is 4.53. The fourth-order valence-corrected chi connectivity index (χ4v) is 1.48.